The lowest BCUT2D eigenvalue weighted by atomic mass is 10.0. The van der Waals surface area contributed by atoms with Gasteiger partial charge in [-0.25, -0.2) is 0 Å². The van der Waals surface area contributed by atoms with Gasteiger partial charge < -0.3 is 5.32 Å². The Labute approximate surface area is 124 Å². The van der Waals surface area contributed by atoms with Crippen molar-refractivity contribution in [2.45, 2.75) is 31.5 Å². The zero-order valence-electron chi connectivity index (χ0n) is 11.7. The van der Waals surface area contributed by atoms with Gasteiger partial charge >= 0.3 is 6.18 Å². The molecule has 1 aromatic carbocycles. The molecule has 4 nitrogen and oxygen atoms in total. The van der Waals surface area contributed by atoms with Gasteiger partial charge in [-0.2, -0.15) is 18.3 Å². The number of aromatic nitrogens is 2. The molecular formula is C15H14F3N3O. The van der Waals surface area contributed by atoms with Crippen molar-refractivity contribution in [3.05, 3.63) is 52.8 Å². The molecule has 1 heterocycles. The van der Waals surface area contributed by atoms with Gasteiger partial charge in [0.2, 0.25) is 0 Å². The second-order valence-corrected chi connectivity index (χ2v) is 5.42. The van der Waals surface area contributed by atoms with Gasteiger partial charge in [0, 0.05) is 17.7 Å². The highest BCUT2D eigenvalue weighted by Gasteiger charge is 2.45. The van der Waals surface area contributed by atoms with E-state index in [0.717, 1.165) is 6.07 Å². The number of rotatable bonds is 3. The van der Waals surface area contributed by atoms with Crippen LogP contribution in [0.5, 0.6) is 0 Å². The number of alkyl halides is 3. The average Bonchev–Trinajstić information content (AvgIpc) is 3.08. The van der Waals surface area contributed by atoms with Crippen molar-refractivity contribution >= 4 is 5.91 Å². The number of hydrogen-bond donors (Lipinski definition) is 2. The van der Waals surface area contributed by atoms with E-state index in [9.17, 15) is 18.0 Å². The summed E-state index contributed by atoms with van der Waals surface area (Å²) in [5, 5.41) is 9.17. The van der Waals surface area contributed by atoms with Crippen LogP contribution in [0.15, 0.2) is 30.5 Å². The Bertz CT molecular complexity index is 708. The minimum absolute atomic E-state index is 0.240. The lowest BCUT2D eigenvalue weighted by Gasteiger charge is -2.12. The second kappa shape index (κ2) is 5.15. The third-order valence-electron chi connectivity index (χ3n) is 3.85. The Kier molecular flexibility index (Phi) is 3.42. The molecule has 0 aliphatic heterocycles. The smallest absolute Gasteiger partial charge is 0.349 e. The topological polar surface area (TPSA) is 57.8 Å². The van der Waals surface area contributed by atoms with Gasteiger partial charge in [0.05, 0.1) is 17.3 Å². The number of amides is 1. The number of benzene rings is 1. The number of carbonyl (C=O) groups excluding carboxylic acids is 1. The summed E-state index contributed by atoms with van der Waals surface area (Å²) in [6.45, 7) is 1.71. The fourth-order valence-corrected chi connectivity index (χ4v) is 2.60. The van der Waals surface area contributed by atoms with Crippen LogP contribution in [0, 0.1) is 6.92 Å². The Morgan fingerprint density at radius 1 is 1.36 bits per heavy atom. The predicted molar refractivity (Wildman–Crippen MR) is 73.4 cm³/mol. The van der Waals surface area contributed by atoms with E-state index in [2.05, 4.69) is 15.5 Å². The number of halogens is 3. The molecule has 3 rings (SSSR count). The van der Waals surface area contributed by atoms with Gasteiger partial charge in [-0.3, -0.25) is 9.89 Å². The van der Waals surface area contributed by atoms with Gasteiger partial charge in [0.25, 0.3) is 5.91 Å². The van der Waals surface area contributed by atoms with Crippen molar-refractivity contribution in [3.8, 4) is 0 Å². The molecule has 2 N–H and O–H groups in total. The molecular weight excluding hydrogens is 295 g/mol. The number of nitrogens with zero attached hydrogens (tertiary/aromatic N) is 1. The standard InChI is InChI=1S/C15H14F3N3O/c1-8-11(7-19-21-8)14(22)20-13-6-10(13)9-4-2-3-5-12(9)15(16,17)18/h2-5,7,10,13H,6H2,1H3,(H,19,21)(H,20,22)/t10-,13+/m1/s1. The van der Waals surface area contributed by atoms with E-state index < -0.39 is 11.7 Å². The highest BCUT2D eigenvalue weighted by atomic mass is 19.4. The molecule has 0 saturated heterocycles. The third kappa shape index (κ3) is 2.70. The van der Waals surface area contributed by atoms with Crippen molar-refractivity contribution in [1.82, 2.24) is 15.5 Å². The van der Waals surface area contributed by atoms with Crippen molar-refractivity contribution in [2.75, 3.05) is 0 Å². The Morgan fingerprint density at radius 3 is 2.73 bits per heavy atom. The van der Waals surface area contributed by atoms with Crippen LogP contribution in [0.25, 0.3) is 0 Å². The molecule has 1 aliphatic carbocycles. The monoisotopic (exact) mass is 309 g/mol. The van der Waals surface area contributed by atoms with E-state index in [-0.39, 0.29) is 23.4 Å². The molecule has 2 atom stereocenters. The van der Waals surface area contributed by atoms with Gasteiger partial charge in [-0.05, 0) is 25.0 Å². The van der Waals surface area contributed by atoms with E-state index in [4.69, 9.17) is 0 Å². The molecule has 2 aromatic rings. The van der Waals surface area contributed by atoms with Crippen LogP contribution in [0.2, 0.25) is 0 Å². The number of aromatic amines is 1. The summed E-state index contributed by atoms with van der Waals surface area (Å²) in [5.41, 5.74) is 0.653. The molecule has 0 spiro atoms. The lowest BCUT2D eigenvalue weighted by Crippen LogP contribution is -2.27. The van der Waals surface area contributed by atoms with E-state index in [1.165, 1.54) is 18.3 Å². The average molecular weight is 309 g/mol. The minimum Gasteiger partial charge on any atom is -0.349 e. The highest BCUT2D eigenvalue weighted by molar-refractivity contribution is 5.95. The van der Waals surface area contributed by atoms with Crippen molar-refractivity contribution < 1.29 is 18.0 Å². The first-order valence-corrected chi connectivity index (χ1v) is 6.85. The Hall–Kier alpha value is -2.31. The second-order valence-electron chi connectivity index (χ2n) is 5.42. The predicted octanol–water partition coefficient (Wildman–Crippen LogP) is 3.02. The number of hydrogen-bond acceptors (Lipinski definition) is 2. The summed E-state index contributed by atoms with van der Waals surface area (Å²) in [6.07, 6.45) is -2.46. The largest absolute Gasteiger partial charge is 0.416 e. The summed E-state index contributed by atoms with van der Waals surface area (Å²) in [7, 11) is 0. The number of nitrogens with one attached hydrogen (secondary N) is 2. The van der Waals surface area contributed by atoms with Gasteiger partial charge in [0.15, 0.2) is 0 Å². The maximum atomic E-state index is 13.0. The van der Waals surface area contributed by atoms with Crippen molar-refractivity contribution in [1.29, 1.82) is 0 Å². The molecule has 116 valence electrons. The first-order chi connectivity index (χ1) is 10.4. The van der Waals surface area contributed by atoms with E-state index in [1.54, 1.807) is 13.0 Å². The van der Waals surface area contributed by atoms with Crippen LogP contribution in [-0.2, 0) is 6.18 Å². The van der Waals surface area contributed by atoms with Crippen LogP contribution in [0.1, 0.15) is 39.5 Å². The fourth-order valence-electron chi connectivity index (χ4n) is 2.60. The van der Waals surface area contributed by atoms with Crippen LogP contribution >= 0.6 is 0 Å². The normalized spacial score (nSPS) is 20.7. The van der Waals surface area contributed by atoms with Crippen LogP contribution in [0.3, 0.4) is 0 Å². The quantitative estimate of drug-likeness (QED) is 0.915. The zero-order valence-corrected chi connectivity index (χ0v) is 11.7. The summed E-state index contributed by atoms with van der Waals surface area (Å²) in [6, 6.07) is 5.24. The minimum atomic E-state index is -4.38. The molecule has 1 fully saturated rings. The summed E-state index contributed by atoms with van der Waals surface area (Å²) < 4.78 is 39.0. The molecule has 1 aromatic heterocycles. The maximum absolute atomic E-state index is 13.0. The Morgan fingerprint density at radius 2 is 2.09 bits per heavy atom. The Balaban J connectivity index is 1.73. The van der Waals surface area contributed by atoms with Crippen LogP contribution < -0.4 is 5.32 Å². The molecule has 22 heavy (non-hydrogen) atoms. The molecule has 1 aliphatic rings. The molecule has 0 radical (unpaired) electrons. The SMILES string of the molecule is Cc1[nH]ncc1C(=O)N[C@H]1C[C@@H]1c1ccccc1C(F)(F)F. The number of carbonyl (C=O) groups is 1. The highest BCUT2D eigenvalue weighted by Crippen LogP contribution is 2.46. The maximum Gasteiger partial charge on any atom is 0.416 e. The van der Waals surface area contributed by atoms with Gasteiger partial charge in [-0.15, -0.1) is 0 Å². The van der Waals surface area contributed by atoms with E-state index >= 15 is 0 Å². The van der Waals surface area contributed by atoms with Crippen LogP contribution in [-0.4, -0.2) is 22.1 Å². The fraction of sp³-hybridized carbons (Fsp3) is 0.333. The van der Waals surface area contributed by atoms with E-state index in [1.807, 2.05) is 0 Å². The van der Waals surface area contributed by atoms with Crippen LogP contribution in [0.4, 0.5) is 13.2 Å². The van der Waals surface area contributed by atoms with Crippen molar-refractivity contribution in [2.24, 2.45) is 0 Å². The number of H-pyrrole nitrogens is 1. The van der Waals surface area contributed by atoms with Gasteiger partial charge in [0.1, 0.15) is 0 Å². The summed E-state index contributed by atoms with van der Waals surface area (Å²) in [5.74, 6) is -0.614. The van der Waals surface area contributed by atoms with Crippen molar-refractivity contribution in [3.63, 3.8) is 0 Å². The molecule has 1 saturated carbocycles. The summed E-state index contributed by atoms with van der Waals surface area (Å²) >= 11 is 0. The first kappa shape index (κ1) is 14.6. The molecule has 0 bridgehead atoms. The zero-order chi connectivity index (χ0) is 15.9. The molecule has 0 unspecified atom stereocenters. The molecule has 7 heteroatoms. The lowest BCUT2D eigenvalue weighted by molar-refractivity contribution is -0.138. The first-order valence-electron chi connectivity index (χ1n) is 6.85. The molecule has 1 amide bonds. The number of aryl methyl sites for hydroxylation is 1. The van der Waals surface area contributed by atoms with Gasteiger partial charge in [-0.1, -0.05) is 18.2 Å². The summed E-state index contributed by atoms with van der Waals surface area (Å²) in [4.78, 5) is 12.0. The third-order valence-corrected chi connectivity index (χ3v) is 3.85. The van der Waals surface area contributed by atoms with E-state index in [0.29, 0.717) is 17.7 Å².